The van der Waals surface area contributed by atoms with Gasteiger partial charge < -0.3 is 9.64 Å². The Bertz CT molecular complexity index is 376. The molecule has 0 atom stereocenters. The average Bonchev–Trinajstić information content (AvgIpc) is 2.39. The molecule has 94 valence electrons. The van der Waals surface area contributed by atoms with E-state index in [4.69, 9.17) is 27.9 Å². The standard InChI is InChI=1S/C13H17Cl2NO/c1-17-12-4-6-16(7-5-12)13-8-11(15)3-2-10(13)9-14/h2-3,8,12H,4-7,9H2,1H3. The van der Waals surface area contributed by atoms with Gasteiger partial charge in [0.15, 0.2) is 0 Å². The van der Waals surface area contributed by atoms with Crippen molar-refractivity contribution in [3.05, 3.63) is 28.8 Å². The predicted octanol–water partition coefficient (Wildman–Crippen LogP) is 3.69. The van der Waals surface area contributed by atoms with Crippen LogP contribution in [0.3, 0.4) is 0 Å². The van der Waals surface area contributed by atoms with Crippen molar-refractivity contribution in [2.75, 3.05) is 25.1 Å². The smallest absolute Gasteiger partial charge is 0.0605 e. The van der Waals surface area contributed by atoms with Crippen LogP contribution in [0, 0.1) is 0 Å². The van der Waals surface area contributed by atoms with Crippen LogP contribution in [-0.4, -0.2) is 26.3 Å². The third-order valence-electron chi connectivity index (χ3n) is 3.31. The highest BCUT2D eigenvalue weighted by Crippen LogP contribution is 2.29. The molecule has 2 nitrogen and oxygen atoms in total. The van der Waals surface area contributed by atoms with Crippen molar-refractivity contribution >= 4 is 28.9 Å². The van der Waals surface area contributed by atoms with Gasteiger partial charge in [0.2, 0.25) is 0 Å². The summed E-state index contributed by atoms with van der Waals surface area (Å²) in [4.78, 5) is 2.35. The van der Waals surface area contributed by atoms with Gasteiger partial charge in [0, 0.05) is 36.8 Å². The van der Waals surface area contributed by atoms with Gasteiger partial charge in [-0.15, -0.1) is 11.6 Å². The summed E-state index contributed by atoms with van der Waals surface area (Å²) in [5.74, 6) is 0.525. The van der Waals surface area contributed by atoms with Gasteiger partial charge in [0.05, 0.1) is 6.10 Å². The number of anilines is 1. The van der Waals surface area contributed by atoms with Crippen LogP contribution in [0.1, 0.15) is 18.4 Å². The predicted molar refractivity (Wildman–Crippen MR) is 73.3 cm³/mol. The van der Waals surface area contributed by atoms with Gasteiger partial charge in [0.1, 0.15) is 0 Å². The molecular formula is C13H17Cl2NO. The first-order chi connectivity index (χ1) is 8.24. The van der Waals surface area contributed by atoms with Crippen molar-refractivity contribution in [2.45, 2.75) is 24.8 Å². The quantitative estimate of drug-likeness (QED) is 0.779. The van der Waals surface area contributed by atoms with Crippen molar-refractivity contribution in [3.63, 3.8) is 0 Å². The molecule has 17 heavy (non-hydrogen) atoms. The van der Waals surface area contributed by atoms with Gasteiger partial charge in [-0.25, -0.2) is 0 Å². The van der Waals surface area contributed by atoms with Crippen LogP contribution >= 0.6 is 23.2 Å². The zero-order valence-corrected chi connectivity index (χ0v) is 11.5. The molecule has 2 rings (SSSR count). The molecule has 1 fully saturated rings. The van der Waals surface area contributed by atoms with E-state index in [-0.39, 0.29) is 0 Å². The summed E-state index contributed by atoms with van der Waals surface area (Å²) in [5.41, 5.74) is 2.31. The normalized spacial score (nSPS) is 17.5. The van der Waals surface area contributed by atoms with Crippen molar-refractivity contribution in [1.29, 1.82) is 0 Å². The monoisotopic (exact) mass is 273 g/mol. The molecule has 0 N–H and O–H groups in total. The Hall–Kier alpha value is -0.440. The number of nitrogens with zero attached hydrogens (tertiary/aromatic N) is 1. The minimum atomic E-state index is 0.393. The van der Waals surface area contributed by atoms with E-state index in [0.29, 0.717) is 12.0 Å². The van der Waals surface area contributed by atoms with E-state index in [1.807, 2.05) is 18.2 Å². The third-order valence-corrected chi connectivity index (χ3v) is 3.83. The minimum Gasteiger partial charge on any atom is -0.381 e. The van der Waals surface area contributed by atoms with E-state index in [0.717, 1.165) is 36.5 Å². The summed E-state index contributed by atoms with van der Waals surface area (Å²) in [6.45, 7) is 2.01. The van der Waals surface area contributed by atoms with Gasteiger partial charge in [-0.3, -0.25) is 0 Å². The molecule has 4 heteroatoms. The molecule has 0 radical (unpaired) electrons. The number of benzene rings is 1. The van der Waals surface area contributed by atoms with Crippen molar-refractivity contribution in [3.8, 4) is 0 Å². The van der Waals surface area contributed by atoms with E-state index < -0.39 is 0 Å². The Morgan fingerprint density at radius 3 is 2.65 bits per heavy atom. The van der Waals surface area contributed by atoms with Crippen LogP contribution < -0.4 is 4.90 Å². The molecule has 1 aliphatic heterocycles. The second-order valence-electron chi connectivity index (χ2n) is 4.33. The second kappa shape index (κ2) is 5.94. The molecule has 0 aliphatic carbocycles. The summed E-state index contributed by atoms with van der Waals surface area (Å²) in [6, 6.07) is 5.91. The lowest BCUT2D eigenvalue weighted by Gasteiger charge is -2.34. The van der Waals surface area contributed by atoms with Crippen LogP contribution in [0.15, 0.2) is 18.2 Å². The van der Waals surface area contributed by atoms with Crippen LogP contribution in [0.2, 0.25) is 5.02 Å². The van der Waals surface area contributed by atoms with E-state index in [1.165, 1.54) is 5.69 Å². The van der Waals surface area contributed by atoms with Gasteiger partial charge in [-0.1, -0.05) is 17.7 Å². The SMILES string of the molecule is COC1CCN(c2cc(Cl)ccc2CCl)CC1. The largest absolute Gasteiger partial charge is 0.381 e. The number of piperidine rings is 1. The van der Waals surface area contributed by atoms with Crippen molar-refractivity contribution < 1.29 is 4.74 Å². The molecule has 1 aromatic carbocycles. The Balaban J connectivity index is 2.14. The van der Waals surface area contributed by atoms with E-state index in [2.05, 4.69) is 4.90 Å². The van der Waals surface area contributed by atoms with E-state index in [1.54, 1.807) is 7.11 Å². The first kappa shape index (κ1) is 13.0. The second-order valence-corrected chi connectivity index (χ2v) is 5.03. The minimum absolute atomic E-state index is 0.393. The Morgan fingerprint density at radius 2 is 2.06 bits per heavy atom. The van der Waals surface area contributed by atoms with Crippen LogP contribution in [0.25, 0.3) is 0 Å². The van der Waals surface area contributed by atoms with E-state index >= 15 is 0 Å². The lowest BCUT2D eigenvalue weighted by molar-refractivity contribution is 0.0819. The number of hydrogen-bond acceptors (Lipinski definition) is 2. The summed E-state index contributed by atoms with van der Waals surface area (Å²) < 4.78 is 5.38. The highest BCUT2D eigenvalue weighted by Gasteiger charge is 2.20. The Kier molecular flexibility index (Phi) is 4.55. The summed E-state index contributed by atoms with van der Waals surface area (Å²) >= 11 is 12.0. The van der Waals surface area contributed by atoms with E-state index in [9.17, 15) is 0 Å². The molecular weight excluding hydrogens is 257 g/mol. The van der Waals surface area contributed by atoms with Crippen LogP contribution in [-0.2, 0) is 10.6 Å². The fourth-order valence-electron chi connectivity index (χ4n) is 2.28. The maximum absolute atomic E-state index is 6.05. The first-order valence-corrected chi connectivity index (χ1v) is 6.78. The first-order valence-electron chi connectivity index (χ1n) is 5.86. The maximum atomic E-state index is 6.05. The molecule has 0 aromatic heterocycles. The zero-order chi connectivity index (χ0) is 12.3. The molecule has 1 aliphatic rings. The number of hydrogen-bond donors (Lipinski definition) is 0. The fraction of sp³-hybridized carbons (Fsp3) is 0.538. The molecule has 0 saturated carbocycles. The Labute approximate surface area is 112 Å². The maximum Gasteiger partial charge on any atom is 0.0605 e. The number of rotatable bonds is 3. The molecule has 0 spiro atoms. The third kappa shape index (κ3) is 3.06. The molecule has 1 aromatic rings. The van der Waals surface area contributed by atoms with Gasteiger partial charge in [-0.05, 0) is 30.5 Å². The summed E-state index contributed by atoms with van der Waals surface area (Å²) in [5, 5.41) is 0.766. The topological polar surface area (TPSA) is 12.5 Å². The number of ether oxygens (including phenoxy) is 1. The summed E-state index contributed by atoms with van der Waals surface area (Å²) in [6.07, 6.45) is 2.51. The molecule has 0 amide bonds. The van der Waals surface area contributed by atoms with Crippen molar-refractivity contribution in [2.24, 2.45) is 0 Å². The number of halogens is 2. The summed E-state index contributed by atoms with van der Waals surface area (Å²) in [7, 11) is 1.78. The highest BCUT2D eigenvalue weighted by atomic mass is 35.5. The highest BCUT2D eigenvalue weighted by molar-refractivity contribution is 6.31. The van der Waals surface area contributed by atoms with Gasteiger partial charge in [0.25, 0.3) is 0 Å². The average molecular weight is 274 g/mol. The van der Waals surface area contributed by atoms with Gasteiger partial charge >= 0.3 is 0 Å². The molecule has 1 heterocycles. The molecule has 0 bridgehead atoms. The number of methoxy groups -OCH3 is 1. The molecule has 1 saturated heterocycles. The lowest BCUT2D eigenvalue weighted by atomic mass is 10.1. The van der Waals surface area contributed by atoms with Crippen molar-refractivity contribution in [1.82, 2.24) is 0 Å². The van der Waals surface area contributed by atoms with Crippen LogP contribution in [0.5, 0.6) is 0 Å². The molecule has 0 unspecified atom stereocenters. The van der Waals surface area contributed by atoms with Gasteiger partial charge in [-0.2, -0.15) is 0 Å². The number of alkyl halides is 1. The zero-order valence-electron chi connectivity index (χ0n) is 9.96. The fourth-order valence-corrected chi connectivity index (χ4v) is 2.67. The van der Waals surface area contributed by atoms with Crippen LogP contribution in [0.4, 0.5) is 5.69 Å². The lowest BCUT2D eigenvalue weighted by Crippen LogP contribution is -2.37. The Morgan fingerprint density at radius 1 is 1.35 bits per heavy atom.